The van der Waals surface area contributed by atoms with Crippen LogP contribution in [-0.4, -0.2) is 43.0 Å². The molecular formula is C22H23N3O5. The summed E-state index contributed by atoms with van der Waals surface area (Å²) in [6, 6.07) is 8.47. The van der Waals surface area contributed by atoms with Crippen molar-refractivity contribution in [3.63, 3.8) is 0 Å². The normalized spacial score (nSPS) is 17.7. The number of rotatable bonds is 5. The highest BCUT2D eigenvalue weighted by molar-refractivity contribution is 6.13. The number of ether oxygens (including phenoxy) is 1. The fourth-order valence-electron chi connectivity index (χ4n) is 3.79. The van der Waals surface area contributed by atoms with Gasteiger partial charge in [0.05, 0.1) is 13.7 Å². The molecular weight excluding hydrogens is 386 g/mol. The van der Waals surface area contributed by atoms with Crippen molar-refractivity contribution in [2.24, 2.45) is 0 Å². The predicted molar refractivity (Wildman–Crippen MR) is 110 cm³/mol. The molecule has 0 unspecified atom stereocenters. The quantitative estimate of drug-likeness (QED) is 0.464. The summed E-state index contributed by atoms with van der Waals surface area (Å²) >= 11 is 0. The smallest absolute Gasteiger partial charge is 0.373 e. The fraction of sp³-hybridized carbons (Fsp3) is 0.318. The highest BCUT2D eigenvalue weighted by atomic mass is 16.5. The number of anilines is 1. The molecule has 1 aromatic carbocycles. The number of nitrogens with one attached hydrogen (secondary N) is 1. The summed E-state index contributed by atoms with van der Waals surface area (Å²) in [6.07, 6.45) is 4.08. The van der Waals surface area contributed by atoms with Gasteiger partial charge in [-0.1, -0.05) is 6.07 Å². The Balaban J connectivity index is 1.49. The third kappa shape index (κ3) is 3.80. The Morgan fingerprint density at radius 3 is 2.67 bits per heavy atom. The summed E-state index contributed by atoms with van der Waals surface area (Å²) in [5.74, 6) is -0.737. The van der Waals surface area contributed by atoms with Crippen molar-refractivity contribution in [1.29, 1.82) is 0 Å². The average molecular weight is 409 g/mol. The van der Waals surface area contributed by atoms with Gasteiger partial charge in [-0.2, -0.15) is 0 Å². The largest absolute Gasteiger partial charge is 0.463 e. The van der Waals surface area contributed by atoms with E-state index in [1.54, 1.807) is 6.08 Å². The zero-order valence-corrected chi connectivity index (χ0v) is 16.9. The predicted octanol–water partition coefficient (Wildman–Crippen LogP) is 3.07. The molecule has 2 saturated heterocycles. The number of hydrogen-bond donors (Lipinski definition) is 1. The second kappa shape index (κ2) is 8.06. The molecule has 3 amide bonds. The van der Waals surface area contributed by atoms with Crippen LogP contribution in [0.4, 0.5) is 10.5 Å². The van der Waals surface area contributed by atoms with Crippen LogP contribution in [0.15, 0.2) is 40.4 Å². The number of carbonyl (C=O) groups is 3. The lowest BCUT2D eigenvalue weighted by Crippen LogP contribution is -2.30. The van der Waals surface area contributed by atoms with Gasteiger partial charge in [-0.25, -0.2) is 9.59 Å². The molecule has 2 aliphatic rings. The SMILES string of the molecule is COC(=O)c1ccc(CN2C(=O)NC(=Cc3ccc(N4CCCC4)c(C)c3)C2=O)o1. The summed E-state index contributed by atoms with van der Waals surface area (Å²) in [5, 5.41) is 2.61. The van der Waals surface area contributed by atoms with Gasteiger partial charge in [0.2, 0.25) is 5.76 Å². The Kier molecular flexibility index (Phi) is 5.31. The molecule has 30 heavy (non-hydrogen) atoms. The van der Waals surface area contributed by atoms with Gasteiger partial charge < -0.3 is 19.4 Å². The van der Waals surface area contributed by atoms with E-state index in [9.17, 15) is 14.4 Å². The highest BCUT2D eigenvalue weighted by Crippen LogP contribution is 2.26. The average Bonchev–Trinajstić information content (AvgIpc) is 3.47. The lowest BCUT2D eigenvalue weighted by Gasteiger charge is -2.20. The summed E-state index contributed by atoms with van der Waals surface area (Å²) in [7, 11) is 1.25. The molecule has 8 heteroatoms. The number of amides is 3. The van der Waals surface area contributed by atoms with E-state index in [-0.39, 0.29) is 18.0 Å². The Labute approximate surface area is 174 Å². The van der Waals surface area contributed by atoms with Crippen LogP contribution in [-0.2, 0) is 16.1 Å². The van der Waals surface area contributed by atoms with E-state index in [4.69, 9.17) is 4.42 Å². The number of carbonyl (C=O) groups excluding carboxylic acids is 3. The van der Waals surface area contributed by atoms with Crippen molar-refractivity contribution < 1.29 is 23.5 Å². The van der Waals surface area contributed by atoms with Gasteiger partial charge in [0.15, 0.2) is 0 Å². The molecule has 156 valence electrons. The maximum Gasteiger partial charge on any atom is 0.373 e. The van der Waals surface area contributed by atoms with E-state index in [2.05, 4.69) is 21.0 Å². The number of imide groups is 1. The van der Waals surface area contributed by atoms with Crippen LogP contribution in [0.1, 0.15) is 40.3 Å². The van der Waals surface area contributed by atoms with E-state index in [0.29, 0.717) is 5.76 Å². The van der Waals surface area contributed by atoms with Crippen molar-refractivity contribution in [1.82, 2.24) is 10.2 Å². The van der Waals surface area contributed by atoms with Crippen molar-refractivity contribution in [2.75, 3.05) is 25.1 Å². The van der Waals surface area contributed by atoms with Crippen LogP contribution < -0.4 is 10.2 Å². The van der Waals surface area contributed by atoms with Crippen LogP contribution in [0.2, 0.25) is 0 Å². The molecule has 0 spiro atoms. The van der Waals surface area contributed by atoms with E-state index in [1.165, 1.54) is 37.8 Å². The highest BCUT2D eigenvalue weighted by Gasteiger charge is 2.34. The van der Waals surface area contributed by atoms with Crippen LogP contribution in [0.25, 0.3) is 6.08 Å². The van der Waals surface area contributed by atoms with Gasteiger partial charge in [0, 0.05) is 18.8 Å². The number of aryl methyl sites for hydroxylation is 1. The molecule has 0 radical (unpaired) electrons. The lowest BCUT2D eigenvalue weighted by atomic mass is 10.1. The maximum atomic E-state index is 12.7. The minimum Gasteiger partial charge on any atom is -0.463 e. The Hall–Kier alpha value is -3.55. The third-order valence-electron chi connectivity index (χ3n) is 5.30. The lowest BCUT2D eigenvalue weighted by molar-refractivity contribution is -0.123. The fourth-order valence-corrected chi connectivity index (χ4v) is 3.79. The minimum absolute atomic E-state index is 0.0175. The molecule has 2 aliphatic heterocycles. The van der Waals surface area contributed by atoms with Gasteiger partial charge in [-0.05, 0) is 61.2 Å². The molecule has 1 N–H and O–H groups in total. The van der Waals surface area contributed by atoms with E-state index in [1.807, 2.05) is 19.1 Å². The molecule has 0 aliphatic carbocycles. The molecule has 0 bridgehead atoms. The number of nitrogens with zero attached hydrogens (tertiary/aromatic N) is 2. The first kappa shape index (κ1) is 19.8. The molecule has 3 heterocycles. The third-order valence-corrected chi connectivity index (χ3v) is 5.30. The second-order valence-corrected chi connectivity index (χ2v) is 7.38. The number of urea groups is 1. The van der Waals surface area contributed by atoms with Crippen LogP contribution in [0, 0.1) is 6.92 Å². The van der Waals surface area contributed by atoms with Crippen molar-refractivity contribution in [3.8, 4) is 0 Å². The topological polar surface area (TPSA) is 92.1 Å². The molecule has 2 aromatic rings. The van der Waals surface area contributed by atoms with E-state index in [0.717, 1.165) is 29.1 Å². The first-order valence-electron chi connectivity index (χ1n) is 9.83. The molecule has 2 fully saturated rings. The van der Waals surface area contributed by atoms with Gasteiger partial charge in [0.1, 0.15) is 11.5 Å². The molecule has 0 saturated carbocycles. The maximum absolute atomic E-state index is 12.7. The first-order chi connectivity index (χ1) is 14.5. The van der Waals surface area contributed by atoms with Crippen LogP contribution in [0.5, 0.6) is 0 Å². The van der Waals surface area contributed by atoms with E-state index < -0.39 is 17.9 Å². The van der Waals surface area contributed by atoms with Gasteiger partial charge in [-0.15, -0.1) is 0 Å². The van der Waals surface area contributed by atoms with Crippen LogP contribution in [0.3, 0.4) is 0 Å². The molecule has 0 atom stereocenters. The number of benzene rings is 1. The summed E-state index contributed by atoms with van der Waals surface area (Å²) < 4.78 is 9.94. The summed E-state index contributed by atoms with van der Waals surface area (Å²) in [4.78, 5) is 39.9. The Morgan fingerprint density at radius 2 is 1.97 bits per heavy atom. The number of hydrogen-bond acceptors (Lipinski definition) is 6. The Bertz CT molecular complexity index is 1030. The number of furan rings is 1. The second-order valence-electron chi connectivity index (χ2n) is 7.38. The molecule has 4 rings (SSSR count). The monoisotopic (exact) mass is 409 g/mol. The number of esters is 1. The van der Waals surface area contributed by atoms with Gasteiger partial charge >= 0.3 is 12.0 Å². The van der Waals surface area contributed by atoms with Crippen molar-refractivity contribution in [3.05, 3.63) is 58.7 Å². The summed E-state index contributed by atoms with van der Waals surface area (Å²) in [6.45, 7) is 4.10. The molecule has 8 nitrogen and oxygen atoms in total. The number of methoxy groups -OCH3 is 1. The van der Waals surface area contributed by atoms with Crippen molar-refractivity contribution >= 4 is 29.7 Å². The van der Waals surface area contributed by atoms with Crippen LogP contribution >= 0.6 is 0 Å². The first-order valence-corrected chi connectivity index (χ1v) is 9.83. The zero-order valence-electron chi connectivity index (χ0n) is 16.9. The van der Waals surface area contributed by atoms with Crippen molar-refractivity contribution in [2.45, 2.75) is 26.3 Å². The van der Waals surface area contributed by atoms with Gasteiger partial charge in [0.25, 0.3) is 5.91 Å². The standard InChI is InChI=1S/C22H23N3O5/c1-14-11-15(5-7-18(14)24-9-3-4-10-24)12-17-20(26)25(22(28)23-17)13-16-6-8-19(30-16)21(27)29-2/h5-8,11-12H,3-4,9-10,13H2,1-2H3,(H,23,28). The Morgan fingerprint density at radius 1 is 1.20 bits per heavy atom. The van der Waals surface area contributed by atoms with Gasteiger partial charge in [-0.3, -0.25) is 9.69 Å². The van der Waals surface area contributed by atoms with E-state index >= 15 is 0 Å². The summed E-state index contributed by atoms with van der Waals surface area (Å²) in [5.41, 5.74) is 3.38. The zero-order chi connectivity index (χ0) is 21.3. The molecule has 1 aromatic heterocycles. The minimum atomic E-state index is -0.619.